The van der Waals surface area contributed by atoms with Gasteiger partial charge in [0.1, 0.15) is 0 Å². The van der Waals surface area contributed by atoms with E-state index in [-0.39, 0.29) is 10.6 Å². The van der Waals surface area contributed by atoms with Crippen LogP contribution < -0.4 is 5.32 Å². The summed E-state index contributed by atoms with van der Waals surface area (Å²) in [7, 11) is 0. The minimum absolute atomic E-state index is 0.203. The van der Waals surface area contributed by atoms with Crippen LogP contribution in [-0.4, -0.2) is 36.0 Å². The summed E-state index contributed by atoms with van der Waals surface area (Å²) in [5.74, 6) is 0. The third-order valence-electron chi connectivity index (χ3n) is 3.81. The monoisotopic (exact) mass is 277 g/mol. The SMILES string of the molecule is O=[N+]([O-])c1ccccc1CNCCN1CCCCCC1. The van der Waals surface area contributed by atoms with Gasteiger partial charge in [-0.05, 0) is 25.9 Å². The van der Waals surface area contributed by atoms with Gasteiger partial charge in [-0.15, -0.1) is 0 Å². The van der Waals surface area contributed by atoms with E-state index in [0.717, 1.165) is 18.7 Å². The number of likely N-dealkylation sites (tertiary alicyclic amines) is 1. The predicted octanol–water partition coefficient (Wildman–Crippen LogP) is 2.56. The number of nitro benzene ring substituents is 1. The van der Waals surface area contributed by atoms with Gasteiger partial charge in [0.15, 0.2) is 0 Å². The molecule has 2 rings (SSSR count). The number of benzene rings is 1. The highest BCUT2D eigenvalue weighted by Crippen LogP contribution is 2.17. The van der Waals surface area contributed by atoms with Gasteiger partial charge in [0.25, 0.3) is 5.69 Å². The third kappa shape index (κ3) is 4.58. The molecule has 0 amide bonds. The Morgan fingerprint density at radius 3 is 2.55 bits per heavy atom. The molecule has 5 nitrogen and oxygen atoms in total. The molecule has 0 aliphatic carbocycles. The number of rotatable bonds is 6. The zero-order chi connectivity index (χ0) is 14.2. The fourth-order valence-corrected chi connectivity index (χ4v) is 2.66. The summed E-state index contributed by atoms with van der Waals surface area (Å²) >= 11 is 0. The molecular formula is C15H23N3O2. The van der Waals surface area contributed by atoms with Crippen molar-refractivity contribution in [1.29, 1.82) is 0 Å². The van der Waals surface area contributed by atoms with Crippen LogP contribution in [0.25, 0.3) is 0 Å². The number of hydrogen-bond acceptors (Lipinski definition) is 4. The Kier molecular flexibility index (Phi) is 5.95. The molecule has 0 radical (unpaired) electrons. The lowest BCUT2D eigenvalue weighted by Crippen LogP contribution is -2.32. The van der Waals surface area contributed by atoms with E-state index in [1.807, 2.05) is 12.1 Å². The Morgan fingerprint density at radius 2 is 1.85 bits per heavy atom. The zero-order valence-electron chi connectivity index (χ0n) is 11.9. The van der Waals surface area contributed by atoms with E-state index in [4.69, 9.17) is 0 Å². The zero-order valence-corrected chi connectivity index (χ0v) is 11.9. The van der Waals surface area contributed by atoms with Gasteiger partial charge in [0, 0.05) is 31.3 Å². The van der Waals surface area contributed by atoms with Crippen molar-refractivity contribution in [3.8, 4) is 0 Å². The lowest BCUT2D eigenvalue weighted by molar-refractivity contribution is -0.385. The van der Waals surface area contributed by atoms with E-state index < -0.39 is 0 Å². The van der Waals surface area contributed by atoms with E-state index in [2.05, 4.69) is 10.2 Å². The molecule has 1 aromatic carbocycles. The van der Waals surface area contributed by atoms with Gasteiger partial charge < -0.3 is 10.2 Å². The molecule has 0 unspecified atom stereocenters. The summed E-state index contributed by atoms with van der Waals surface area (Å²) < 4.78 is 0. The van der Waals surface area contributed by atoms with Crippen LogP contribution in [0.1, 0.15) is 31.2 Å². The molecule has 1 aliphatic rings. The molecule has 0 bridgehead atoms. The molecule has 1 fully saturated rings. The fourth-order valence-electron chi connectivity index (χ4n) is 2.66. The lowest BCUT2D eigenvalue weighted by atomic mass is 10.2. The Bertz CT molecular complexity index is 429. The summed E-state index contributed by atoms with van der Waals surface area (Å²) in [5.41, 5.74) is 0.961. The van der Waals surface area contributed by atoms with Gasteiger partial charge in [-0.25, -0.2) is 0 Å². The molecule has 1 aromatic rings. The molecule has 1 heterocycles. The normalized spacial score (nSPS) is 16.8. The molecule has 0 atom stereocenters. The van der Waals surface area contributed by atoms with E-state index in [0.29, 0.717) is 6.54 Å². The van der Waals surface area contributed by atoms with E-state index >= 15 is 0 Å². The maximum atomic E-state index is 10.9. The van der Waals surface area contributed by atoms with E-state index in [9.17, 15) is 10.1 Å². The molecule has 1 N–H and O–H groups in total. The van der Waals surface area contributed by atoms with Crippen molar-refractivity contribution < 1.29 is 4.92 Å². The van der Waals surface area contributed by atoms with E-state index in [1.54, 1.807) is 12.1 Å². The van der Waals surface area contributed by atoms with Gasteiger partial charge in [-0.2, -0.15) is 0 Å². The molecule has 110 valence electrons. The number of hydrogen-bond donors (Lipinski definition) is 1. The summed E-state index contributed by atoms with van der Waals surface area (Å²) in [5, 5.41) is 14.2. The lowest BCUT2D eigenvalue weighted by Gasteiger charge is -2.19. The van der Waals surface area contributed by atoms with Gasteiger partial charge in [-0.3, -0.25) is 10.1 Å². The Hall–Kier alpha value is -1.46. The molecule has 0 aromatic heterocycles. The molecule has 0 saturated carbocycles. The Morgan fingerprint density at radius 1 is 1.15 bits per heavy atom. The highest BCUT2D eigenvalue weighted by Gasteiger charge is 2.12. The number of nitrogens with zero attached hydrogens (tertiary/aromatic N) is 2. The number of nitrogens with one attached hydrogen (secondary N) is 1. The second kappa shape index (κ2) is 7.97. The first kappa shape index (κ1) is 14.9. The standard InChI is InChI=1S/C15H23N3O2/c19-18(20)15-8-4-3-7-14(15)13-16-9-12-17-10-5-1-2-6-11-17/h3-4,7-8,16H,1-2,5-6,9-13H2. The summed E-state index contributed by atoms with van der Waals surface area (Å²) in [6.45, 7) is 4.85. The maximum Gasteiger partial charge on any atom is 0.273 e. The van der Waals surface area contributed by atoms with Crippen molar-refractivity contribution in [3.05, 3.63) is 39.9 Å². The second-order valence-electron chi connectivity index (χ2n) is 5.32. The molecule has 0 spiro atoms. The highest BCUT2D eigenvalue weighted by atomic mass is 16.6. The Balaban J connectivity index is 1.74. The average Bonchev–Trinajstić information content (AvgIpc) is 2.72. The van der Waals surface area contributed by atoms with Crippen LogP contribution in [-0.2, 0) is 6.54 Å². The maximum absolute atomic E-state index is 10.9. The van der Waals surface area contributed by atoms with Crippen molar-refractivity contribution in [1.82, 2.24) is 10.2 Å². The van der Waals surface area contributed by atoms with Crippen LogP contribution in [0.2, 0.25) is 0 Å². The predicted molar refractivity (Wildman–Crippen MR) is 79.7 cm³/mol. The Labute approximate surface area is 120 Å². The quantitative estimate of drug-likeness (QED) is 0.493. The van der Waals surface area contributed by atoms with Gasteiger partial charge in [-0.1, -0.05) is 31.0 Å². The number of nitro groups is 1. The smallest absolute Gasteiger partial charge is 0.273 e. The van der Waals surface area contributed by atoms with Crippen molar-refractivity contribution in [2.24, 2.45) is 0 Å². The van der Waals surface area contributed by atoms with Gasteiger partial charge in [0.2, 0.25) is 0 Å². The molecule has 5 heteroatoms. The first-order valence-electron chi connectivity index (χ1n) is 7.43. The van der Waals surface area contributed by atoms with Crippen molar-refractivity contribution in [2.75, 3.05) is 26.2 Å². The topological polar surface area (TPSA) is 58.4 Å². The van der Waals surface area contributed by atoms with Crippen LogP contribution in [0.5, 0.6) is 0 Å². The summed E-state index contributed by atoms with van der Waals surface area (Å²) in [4.78, 5) is 13.1. The molecule has 20 heavy (non-hydrogen) atoms. The van der Waals surface area contributed by atoms with Crippen LogP contribution in [0.3, 0.4) is 0 Å². The minimum atomic E-state index is -0.314. The van der Waals surface area contributed by atoms with E-state index in [1.165, 1.54) is 38.8 Å². The first-order valence-corrected chi connectivity index (χ1v) is 7.43. The first-order chi connectivity index (χ1) is 9.77. The third-order valence-corrected chi connectivity index (χ3v) is 3.81. The average molecular weight is 277 g/mol. The van der Waals surface area contributed by atoms with Crippen LogP contribution in [0.4, 0.5) is 5.69 Å². The highest BCUT2D eigenvalue weighted by molar-refractivity contribution is 5.39. The summed E-state index contributed by atoms with van der Waals surface area (Å²) in [6.07, 6.45) is 5.29. The molecule has 1 aliphatic heterocycles. The van der Waals surface area contributed by atoms with Crippen molar-refractivity contribution in [3.63, 3.8) is 0 Å². The van der Waals surface area contributed by atoms with Gasteiger partial charge in [0.05, 0.1) is 4.92 Å². The number of para-hydroxylation sites is 1. The molecule has 1 saturated heterocycles. The van der Waals surface area contributed by atoms with Crippen LogP contribution >= 0.6 is 0 Å². The van der Waals surface area contributed by atoms with Crippen LogP contribution in [0, 0.1) is 10.1 Å². The fraction of sp³-hybridized carbons (Fsp3) is 0.600. The summed E-state index contributed by atoms with van der Waals surface area (Å²) in [6, 6.07) is 6.93. The largest absolute Gasteiger partial charge is 0.311 e. The van der Waals surface area contributed by atoms with Crippen molar-refractivity contribution in [2.45, 2.75) is 32.2 Å². The van der Waals surface area contributed by atoms with Crippen molar-refractivity contribution >= 4 is 5.69 Å². The second-order valence-corrected chi connectivity index (χ2v) is 5.32. The van der Waals surface area contributed by atoms with Crippen LogP contribution in [0.15, 0.2) is 24.3 Å². The van der Waals surface area contributed by atoms with Gasteiger partial charge >= 0.3 is 0 Å². The molecular weight excluding hydrogens is 254 g/mol. The minimum Gasteiger partial charge on any atom is -0.311 e.